The summed E-state index contributed by atoms with van der Waals surface area (Å²) in [5.74, 6) is -1.92. The molecule has 1 atom stereocenters. The minimum Gasteiger partial charge on any atom is -0.507 e. The summed E-state index contributed by atoms with van der Waals surface area (Å²) in [5.41, 5.74) is 0.445. The third-order valence-electron chi connectivity index (χ3n) is 5.06. The van der Waals surface area contributed by atoms with E-state index in [-0.39, 0.29) is 23.6 Å². The monoisotopic (exact) mass is 443 g/mol. The van der Waals surface area contributed by atoms with Crippen molar-refractivity contribution in [2.45, 2.75) is 12.5 Å². The molecule has 1 saturated heterocycles. The van der Waals surface area contributed by atoms with E-state index in [0.717, 1.165) is 0 Å². The van der Waals surface area contributed by atoms with Crippen molar-refractivity contribution in [3.63, 3.8) is 0 Å². The summed E-state index contributed by atoms with van der Waals surface area (Å²) in [7, 11) is 3.79. The average molecular weight is 444 g/mol. The van der Waals surface area contributed by atoms with Gasteiger partial charge in [0.2, 0.25) is 0 Å². The van der Waals surface area contributed by atoms with E-state index in [1.54, 1.807) is 30.3 Å². The highest BCUT2D eigenvalue weighted by molar-refractivity contribution is 6.46. The number of carbonyl (C=O) groups is 2. The summed E-state index contributed by atoms with van der Waals surface area (Å²) in [6.07, 6.45) is 0.590. The summed E-state index contributed by atoms with van der Waals surface area (Å²) >= 11 is 5.91. The zero-order valence-corrected chi connectivity index (χ0v) is 17.9. The van der Waals surface area contributed by atoms with Gasteiger partial charge in [0.05, 0.1) is 16.5 Å². The molecule has 0 saturated carbocycles. The van der Waals surface area contributed by atoms with Gasteiger partial charge in [-0.1, -0.05) is 23.7 Å². The van der Waals surface area contributed by atoms with E-state index in [9.17, 15) is 24.8 Å². The molecular formula is C22H22ClN3O5. The molecule has 0 aliphatic carbocycles. The molecule has 1 aliphatic heterocycles. The van der Waals surface area contributed by atoms with Gasteiger partial charge in [-0.25, -0.2) is 0 Å². The topological polar surface area (TPSA) is 104 Å². The van der Waals surface area contributed by atoms with Crippen LogP contribution in [0.1, 0.15) is 23.6 Å². The van der Waals surface area contributed by atoms with E-state index in [0.29, 0.717) is 29.1 Å². The fraction of sp³-hybridized carbons (Fsp3) is 0.273. The Labute approximate surface area is 184 Å². The summed E-state index contributed by atoms with van der Waals surface area (Å²) in [4.78, 5) is 39.8. The Bertz CT molecular complexity index is 1050. The van der Waals surface area contributed by atoms with Crippen LogP contribution in [0, 0.1) is 10.1 Å². The molecule has 0 bridgehead atoms. The maximum Gasteiger partial charge on any atom is 0.295 e. The van der Waals surface area contributed by atoms with E-state index >= 15 is 0 Å². The molecule has 31 heavy (non-hydrogen) atoms. The van der Waals surface area contributed by atoms with Gasteiger partial charge in [0.25, 0.3) is 17.4 Å². The van der Waals surface area contributed by atoms with Gasteiger partial charge >= 0.3 is 0 Å². The largest absolute Gasteiger partial charge is 0.507 e. The Kier molecular flexibility index (Phi) is 6.72. The molecular weight excluding hydrogens is 422 g/mol. The van der Waals surface area contributed by atoms with Crippen LogP contribution in [0.3, 0.4) is 0 Å². The maximum atomic E-state index is 12.9. The van der Waals surface area contributed by atoms with Gasteiger partial charge in [0.15, 0.2) is 0 Å². The zero-order valence-electron chi connectivity index (χ0n) is 17.1. The van der Waals surface area contributed by atoms with Crippen molar-refractivity contribution in [2.75, 3.05) is 27.2 Å². The second-order valence-electron chi connectivity index (χ2n) is 7.51. The third kappa shape index (κ3) is 4.76. The van der Waals surface area contributed by atoms with E-state index in [1.165, 1.54) is 23.1 Å². The summed E-state index contributed by atoms with van der Waals surface area (Å²) in [6.45, 7) is 0.940. The number of ketones is 1. The van der Waals surface area contributed by atoms with Crippen LogP contribution < -0.4 is 0 Å². The highest BCUT2D eigenvalue weighted by Crippen LogP contribution is 2.40. The predicted octanol–water partition coefficient (Wildman–Crippen LogP) is 3.62. The zero-order chi connectivity index (χ0) is 22.7. The summed E-state index contributed by atoms with van der Waals surface area (Å²) < 4.78 is 0. The van der Waals surface area contributed by atoms with Crippen molar-refractivity contribution in [3.05, 3.63) is 80.4 Å². The molecule has 1 heterocycles. The molecule has 2 aromatic rings. The molecule has 2 aromatic carbocycles. The van der Waals surface area contributed by atoms with Crippen LogP contribution in [0.25, 0.3) is 5.76 Å². The van der Waals surface area contributed by atoms with Crippen molar-refractivity contribution in [1.29, 1.82) is 0 Å². The standard InChI is InChI=1S/C22H22ClN3O5/c1-24(2)11-4-12-25-19(15-5-3-6-17(13-15)26(30)31)18(21(28)22(25)29)20(27)14-7-9-16(23)10-8-14/h3,5-10,13,19,27H,4,11-12H2,1-2H3/t19-/m1/s1. The van der Waals surface area contributed by atoms with Crippen molar-refractivity contribution in [1.82, 2.24) is 9.80 Å². The van der Waals surface area contributed by atoms with E-state index < -0.39 is 22.7 Å². The molecule has 1 fully saturated rings. The van der Waals surface area contributed by atoms with Gasteiger partial charge in [0.1, 0.15) is 5.76 Å². The molecule has 1 amide bonds. The average Bonchev–Trinajstić information content (AvgIpc) is 2.98. The second-order valence-corrected chi connectivity index (χ2v) is 7.94. The molecule has 3 rings (SSSR count). The molecule has 0 aromatic heterocycles. The van der Waals surface area contributed by atoms with Crippen LogP contribution >= 0.6 is 11.6 Å². The van der Waals surface area contributed by atoms with Gasteiger partial charge in [-0.05, 0) is 56.9 Å². The van der Waals surface area contributed by atoms with Crippen molar-refractivity contribution in [3.8, 4) is 0 Å². The van der Waals surface area contributed by atoms with Crippen LogP contribution in [-0.2, 0) is 9.59 Å². The molecule has 0 spiro atoms. The van der Waals surface area contributed by atoms with Crippen LogP contribution in [0.5, 0.6) is 0 Å². The number of rotatable bonds is 7. The predicted molar refractivity (Wildman–Crippen MR) is 117 cm³/mol. The number of aliphatic hydroxyl groups is 1. The number of nitrogens with zero attached hydrogens (tertiary/aromatic N) is 3. The fourth-order valence-corrected chi connectivity index (χ4v) is 3.71. The highest BCUT2D eigenvalue weighted by atomic mass is 35.5. The van der Waals surface area contributed by atoms with Gasteiger partial charge in [0, 0.05) is 29.3 Å². The van der Waals surface area contributed by atoms with Gasteiger partial charge in [-0.2, -0.15) is 0 Å². The van der Waals surface area contributed by atoms with Crippen molar-refractivity contribution >= 4 is 34.7 Å². The summed E-state index contributed by atoms with van der Waals surface area (Å²) in [6, 6.07) is 11.0. The maximum absolute atomic E-state index is 12.9. The molecule has 162 valence electrons. The normalized spacial score (nSPS) is 18.1. The minimum absolute atomic E-state index is 0.0994. The number of carbonyl (C=O) groups excluding carboxylic acids is 2. The fourth-order valence-electron chi connectivity index (χ4n) is 3.59. The number of nitro benzene ring substituents is 1. The first-order chi connectivity index (χ1) is 14.7. The Morgan fingerprint density at radius 2 is 1.87 bits per heavy atom. The number of nitro groups is 1. The Balaban J connectivity index is 2.13. The van der Waals surface area contributed by atoms with Gasteiger partial charge in [-0.3, -0.25) is 19.7 Å². The smallest absolute Gasteiger partial charge is 0.295 e. The lowest BCUT2D eigenvalue weighted by atomic mass is 9.95. The number of hydrogen-bond acceptors (Lipinski definition) is 6. The SMILES string of the molecule is CN(C)CCCN1C(=O)C(=O)C(=C(O)c2ccc(Cl)cc2)[C@H]1c1cccc([N+](=O)[O-])c1. The van der Waals surface area contributed by atoms with E-state index in [1.807, 2.05) is 19.0 Å². The lowest BCUT2D eigenvalue weighted by molar-refractivity contribution is -0.384. The van der Waals surface area contributed by atoms with Crippen LogP contribution in [0.4, 0.5) is 5.69 Å². The Morgan fingerprint density at radius 3 is 2.48 bits per heavy atom. The number of benzene rings is 2. The minimum atomic E-state index is -0.933. The lowest BCUT2D eigenvalue weighted by Gasteiger charge is -2.25. The summed E-state index contributed by atoms with van der Waals surface area (Å²) in [5, 5.41) is 22.7. The molecule has 8 nitrogen and oxygen atoms in total. The number of non-ortho nitro benzene ring substituents is 1. The second kappa shape index (κ2) is 9.28. The number of aliphatic hydroxyl groups excluding tert-OH is 1. The highest BCUT2D eigenvalue weighted by Gasteiger charge is 2.46. The lowest BCUT2D eigenvalue weighted by Crippen LogP contribution is -2.32. The number of Topliss-reactive ketones (excluding diaryl/α,β-unsaturated/α-hetero) is 1. The van der Waals surface area contributed by atoms with Crippen LogP contribution in [0.15, 0.2) is 54.1 Å². The van der Waals surface area contributed by atoms with Gasteiger partial charge < -0.3 is 14.9 Å². The molecule has 0 radical (unpaired) electrons. The van der Waals surface area contributed by atoms with Crippen LogP contribution in [0.2, 0.25) is 5.02 Å². The van der Waals surface area contributed by atoms with Gasteiger partial charge in [-0.15, -0.1) is 0 Å². The number of halogens is 1. The number of hydrogen-bond donors (Lipinski definition) is 1. The number of likely N-dealkylation sites (tertiary alicyclic amines) is 1. The molecule has 9 heteroatoms. The molecule has 0 unspecified atom stereocenters. The first kappa shape index (κ1) is 22.5. The van der Waals surface area contributed by atoms with Crippen molar-refractivity contribution < 1.29 is 19.6 Å². The van der Waals surface area contributed by atoms with Crippen molar-refractivity contribution in [2.24, 2.45) is 0 Å². The van der Waals surface area contributed by atoms with E-state index in [2.05, 4.69) is 0 Å². The Morgan fingerprint density at radius 1 is 1.19 bits per heavy atom. The van der Waals surface area contributed by atoms with Crippen LogP contribution in [-0.4, -0.2) is 58.7 Å². The first-order valence-corrected chi connectivity index (χ1v) is 10.0. The Hall–Kier alpha value is -3.23. The molecule has 1 aliphatic rings. The first-order valence-electron chi connectivity index (χ1n) is 9.64. The third-order valence-corrected chi connectivity index (χ3v) is 5.31. The quantitative estimate of drug-likeness (QED) is 0.230. The number of amides is 1. The van der Waals surface area contributed by atoms with E-state index in [4.69, 9.17) is 11.6 Å². The molecule has 1 N–H and O–H groups in total.